The first kappa shape index (κ1) is 21.3. The molecular formula is C22H24N2O6. The number of hydrogen-bond donors (Lipinski definition) is 1. The number of ketones is 1. The van der Waals surface area contributed by atoms with Crippen LogP contribution in [0.5, 0.6) is 0 Å². The Morgan fingerprint density at radius 2 is 1.67 bits per heavy atom. The number of H-pyrrole nitrogens is 1. The number of amides is 1. The summed E-state index contributed by atoms with van der Waals surface area (Å²) in [6.07, 6.45) is 1.34. The van der Waals surface area contributed by atoms with Gasteiger partial charge in [-0.25, -0.2) is 9.59 Å². The number of carbonyl (C=O) groups is 4. The number of ether oxygens (including phenoxy) is 2. The van der Waals surface area contributed by atoms with Crippen LogP contribution in [0.4, 0.5) is 5.69 Å². The Morgan fingerprint density at radius 1 is 1.00 bits per heavy atom. The van der Waals surface area contributed by atoms with Crippen molar-refractivity contribution in [3.05, 3.63) is 52.3 Å². The lowest BCUT2D eigenvalue weighted by atomic mass is 10.1. The Labute approximate surface area is 174 Å². The van der Waals surface area contributed by atoms with Crippen molar-refractivity contribution in [1.82, 2.24) is 4.98 Å². The molecule has 8 nitrogen and oxygen atoms in total. The number of aromatic nitrogens is 1. The molecule has 30 heavy (non-hydrogen) atoms. The van der Waals surface area contributed by atoms with Gasteiger partial charge in [-0.05, 0) is 51.5 Å². The van der Waals surface area contributed by atoms with Crippen LogP contribution in [0.3, 0.4) is 0 Å². The second kappa shape index (κ2) is 8.94. The lowest BCUT2D eigenvalue weighted by molar-refractivity contribution is -0.117. The minimum atomic E-state index is -0.662. The first-order chi connectivity index (χ1) is 14.3. The van der Waals surface area contributed by atoms with E-state index in [4.69, 9.17) is 9.47 Å². The molecule has 0 saturated carbocycles. The summed E-state index contributed by atoms with van der Waals surface area (Å²) in [4.78, 5) is 53.6. The van der Waals surface area contributed by atoms with Gasteiger partial charge in [-0.15, -0.1) is 0 Å². The zero-order valence-corrected chi connectivity index (χ0v) is 17.2. The van der Waals surface area contributed by atoms with E-state index in [9.17, 15) is 19.2 Å². The SMILES string of the molecule is CCOC(=O)c1c(C)[nH]c(C)c1C(=O)COC(=O)c1ccc(N2CCCC2=O)cc1. The Hall–Kier alpha value is -3.42. The number of rotatable bonds is 7. The summed E-state index contributed by atoms with van der Waals surface area (Å²) in [7, 11) is 0. The van der Waals surface area contributed by atoms with Gasteiger partial charge in [0.25, 0.3) is 0 Å². The molecule has 0 spiro atoms. The lowest BCUT2D eigenvalue weighted by Crippen LogP contribution is -2.23. The highest BCUT2D eigenvalue weighted by molar-refractivity contribution is 6.09. The Morgan fingerprint density at radius 3 is 2.27 bits per heavy atom. The van der Waals surface area contributed by atoms with Gasteiger partial charge < -0.3 is 19.4 Å². The smallest absolute Gasteiger partial charge is 0.340 e. The van der Waals surface area contributed by atoms with Gasteiger partial charge in [-0.2, -0.15) is 0 Å². The number of carbonyl (C=O) groups excluding carboxylic acids is 4. The molecule has 1 aromatic carbocycles. The number of aromatic amines is 1. The third-order valence-corrected chi connectivity index (χ3v) is 4.96. The Kier molecular flexibility index (Phi) is 6.34. The summed E-state index contributed by atoms with van der Waals surface area (Å²) in [6.45, 7) is 5.37. The van der Waals surface area contributed by atoms with Gasteiger partial charge in [-0.3, -0.25) is 9.59 Å². The van der Waals surface area contributed by atoms with E-state index >= 15 is 0 Å². The summed E-state index contributed by atoms with van der Waals surface area (Å²) in [5.74, 6) is -1.69. The van der Waals surface area contributed by atoms with Crippen LogP contribution in [-0.2, 0) is 14.3 Å². The molecule has 2 aromatic rings. The van der Waals surface area contributed by atoms with Crippen LogP contribution in [0.1, 0.15) is 62.2 Å². The van der Waals surface area contributed by atoms with E-state index in [-0.39, 0.29) is 29.2 Å². The number of aryl methyl sites for hydroxylation is 2. The zero-order chi connectivity index (χ0) is 21.8. The van der Waals surface area contributed by atoms with Gasteiger partial charge in [0.1, 0.15) is 0 Å². The maximum Gasteiger partial charge on any atom is 0.340 e. The van der Waals surface area contributed by atoms with Crippen LogP contribution in [-0.4, -0.2) is 48.4 Å². The molecule has 0 atom stereocenters. The topological polar surface area (TPSA) is 106 Å². The van der Waals surface area contributed by atoms with Crippen LogP contribution in [0, 0.1) is 13.8 Å². The quantitative estimate of drug-likeness (QED) is 0.554. The summed E-state index contributed by atoms with van der Waals surface area (Å²) < 4.78 is 10.2. The molecular weight excluding hydrogens is 388 g/mol. The molecule has 0 radical (unpaired) electrons. The van der Waals surface area contributed by atoms with E-state index in [1.807, 2.05) is 0 Å². The van der Waals surface area contributed by atoms with Crippen LogP contribution in [0.2, 0.25) is 0 Å². The molecule has 0 aliphatic carbocycles. The van der Waals surface area contributed by atoms with Crippen molar-refractivity contribution >= 4 is 29.3 Å². The van der Waals surface area contributed by atoms with Crippen molar-refractivity contribution in [1.29, 1.82) is 0 Å². The number of Topliss-reactive ketones (excluding diaryl/α,β-unsaturated/α-hetero) is 1. The molecule has 158 valence electrons. The predicted molar refractivity (Wildman–Crippen MR) is 109 cm³/mol. The van der Waals surface area contributed by atoms with E-state index in [0.29, 0.717) is 24.4 Å². The standard InChI is InChI=1S/C22H24N2O6/c1-4-29-22(28)20-14(3)23-13(2)19(20)17(25)12-30-21(27)15-7-9-16(10-8-15)24-11-5-6-18(24)26/h7-10,23H,4-6,11-12H2,1-3H3. The van der Waals surface area contributed by atoms with Gasteiger partial charge in [0.2, 0.25) is 11.7 Å². The van der Waals surface area contributed by atoms with Crippen molar-refractivity contribution in [2.45, 2.75) is 33.6 Å². The summed E-state index contributed by atoms with van der Waals surface area (Å²) in [6, 6.07) is 6.48. The molecule has 1 saturated heterocycles. The van der Waals surface area contributed by atoms with Gasteiger partial charge in [0.05, 0.1) is 23.3 Å². The van der Waals surface area contributed by atoms with Crippen LogP contribution < -0.4 is 4.90 Å². The largest absolute Gasteiger partial charge is 0.462 e. The van der Waals surface area contributed by atoms with E-state index in [1.165, 1.54) is 0 Å². The molecule has 1 fully saturated rings. The van der Waals surface area contributed by atoms with Crippen molar-refractivity contribution in [2.75, 3.05) is 24.7 Å². The van der Waals surface area contributed by atoms with E-state index < -0.39 is 24.3 Å². The van der Waals surface area contributed by atoms with Crippen LogP contribution in [0.25, 0.3) is 0 Å². The summed E-state index contributed by atoms with van der Waals surface area (Å²) in [5.41, 5.74) is 2.36. The van der Waals surface area contributed by atoms with E-state index in [2.05, 4.69) is 4.98 Å². The molecule has 0 unspecified atom stereocenters. The lowest BCUT2D eigenvalue weighted by Gasteiger charge is -2.15. The molecule has 0 bridgehead atoms. The van der Waals surface area contributed by atoms with Gasteiger partial charge in [0.15, 0.2) is 6.61 Å². The van der Waals surface area contributed by atoms with E-state index in [0.717, 1.165) is 12.1 Å². The minimum absolute atomic E-state index is 0.0606. The fourth-order valence-electron chi connectivity index (χ4n) is 3.57. The van der Waals surface area contributed by atoms with Gasteiger partial charge in [-0.1, -0.05) is 0 Å². The highest BCUT2D eigenvalue weighted by Crippen LogP contribution is 2.23. The normalized spacial score (nSPS) is 13.4. The van der Waals surface area contributed by atoms with Crippen molar-refractivity contribution in [2.24, 2.45) is 0 Å². The fraction of sp³-hybridized carbons (Fsp3) is 0.364. The molecule has 1 aliphatic rings. The second-order valence-corrected chi connectivity index (χ2v) is 7.04. The van der Waals surface area contributed by atoms with Gasteiger partial charge >= 0.3 is 11.9 Å². The zero-order valence-electron chi connectivity index (χ0n) is 17.2. The average molecular weight is 412 g/mol. The van der Waals surface area contributed by atoms with E-state index in [1.54, 1.807) is 49.9 Å². The molecule has 8 heteroatoms. The number of anilines is 1. The summed E-state index contributed by atoms with van der Waals surface area (Å²) in [5, 5.41) is 0. The number of esters is 2. The van der Waals surface area contributed by atoms with Crippen molar-refractivity contribution < 1.29 is 28.7 Å². The number of nitrogens with one attached hydrogen (secondary N) is 1. The first-order valence-corrected chi connectivity index (χ1v) is 9.80. The highest BCUT2D eigenvalue weighted by Gasteiger charge is 2.26. The fourth-order valence-corrected chi connectivity index (χ4v) is 3.57. The monoisotopic (exact) mass is 412 g/mol. The molecule has 1 N–H and O–H groups in total. The number of benzene rings is 1. The Balaban J connectivity index is 1.67. The molecule has 1 aliphatic heterocycles. The number of hydrogen-bond acceptors (Lipinski definition) is 6. The molecule has 3 rings (SSSR count). The van der Waals surface area contributed by atoms with Crippen LogP contribution >= 0.6 is 0 Å². The third-order valence-electron chi connectivity index (χ3n) is 4.96. The molecule has 1 aromatic heterocycles. The van der Waals surface area contributed by atoms with Gasteiger partial charge in [0, 0.05) is 30.0 Å². The van der Waals surface area contributed by atoms with Crippen molar-refractivity contribution in [3.63, 3.8) is 0 Å². The molecule has 1 amide bonds. The Bertz CT molecular complexity index is 990. The highest BCUT2D eigenvalue weighted by atomic mass is 16.5. The predicted octanol–water partition coefficient (Wildman–Crippen LogP) is 2.97. The van der Waals surface area contributed by atoms with Crippen LogP contribution in [0.15, 0.2) is 24.3 Å². The third kappa shape index (κ3) is 4.27. The maximum atomic E-state index is 12.7. The number of nitrogens with zero attached hydrogens (tertiary/aromatic N) is 1. The summed E-state index contributed by atoms with van der Waals surface area (Å²) >= 11 is 0. The molecule has 2 heterocycles. The first-order valence-electron chi connectivity index (χ1n) is 9.80. The maximum absolute atomic E-state index is 12.7. The second-order valence-electron chi connectivity index (χ2n) is 7.04. The average Bonchev–Trinajstić information content (AvgIpc) is 3.28. The van der Waals surface area contributed by atoms with Crippen molar-refractivity contribution in [3.8, 4) is 0 Å². The minimum Gasteiger partial charge on any atom is -0.462 e.